The molecule has 0 fully saturated rings. The van der Waals surface area contributed by atoms with Gasteiger partial charge in [-0.2, -0.15) is 0 Å². The fourth-order valence-corrected chi connectivity index (χ4v) is 3.51. The van der Waals surface area contributed by atoms with E-state index in [9.17, 15) is 9.59 Å². The van der Waals surface area contributed by atoms with E-state index in [0.29, 0.717) is 0 Å². The first-order valence-electron chi connectivity index (χ1n) is 7.92. The number of benzene rings is 1. The number of ether oxygens (including phenoxy) is 1. The molecule has 0 aliphatic carbocycles. The maximum absolute atomic E-state index is 12.8. The van der Waals surface area contributed by atoms with Crippen LogP contribution in [0.2, 0.25) is 15.1 Å². The van der Waals surface area contributed by atoms with Crippen LogP contribution in [0.25, 0.3) is 0 Å². The van der Waals surface area contributed by atoms with Crippen molar-refractivity contribution in [3.05, 3.63) is 56.8 Å². The molecule has 0 radical (unpaired) electrons. The number of pyridine rings is 1. The van der Waals surface area contributed by atoms with E-state index in [0.717, 1.165) is 17.7 Å². The van der Waals surface area contributed by atoms with Gasteiger partial charge < -0.3 is 9.64 Å². The van der Waals surface area contributed by atoms with Gasteiger partial charge in [-0.3, -0.25) is 4.79 Å². The van der Waals surface area contributed by atoms with E-state index in [4.69, 9.17) is 39.5 Å². The second kappa shape index (κ2) is 7.43. The number of esters is 1. The smallest absolute Gasteiger partial charge is 0.359 e. The van der Waals surface area contributed by atoms with Crippen molar-refractivity contribution < 1.29 is 14.3 Å². The summed E-state index contributed by atoms with van der Waals surface area (Å²) in [6, 6.07) is 7.64. The molecule has 1 aliphatic rings. The number of hydrogen-bond acceptors (Lipinski definition) is 4. The van der Waals surface area contributed by atoms with Crippen LogP contribution in [0.15, 0.2) is 30.5 Å². The van der Waals surface area contributed by atoms with Crippen LogP contribution in [0.4, 0.5) is 5.69 Å². The average Bonchev–Trinajstić information content (AvgIpc) is 2.94. The van der Waals surface area contributed by atoms with Crippen molar-refractivity contribution in [2.24, 2.45) is 0 Å². The van der Waals surface area contributed by atoms with Crippen LogP contribution in [-0.4, -0.2) is 29.0 Å². The highest BCUT2D eigenvalue weighted by molar-refractivity contribution is 6.48. The summed E-state index contributed by atoms with van der Waals surface area (Å²) in [5.41, 5.74) is 1.73. The Morgan fingerprint density at radius 3 is 2.65 bits per heavy atom. The molecule has 2 aromatic rings. The van der Waals surface area contributed by atoms with E-state index in [1.165, 1.54) is 13.1 Å². The number of carbonyl (C=O) groups excluding carboxylic acids is 2. The largest absolute Gasteiger partial charge is 0.448 e. The summed E-state index contributed by atoms with van der Waals surface area (Å²) in [6.45, 7) is 3.46. The molecule has 3 rings (SSSR count). The Morgan fingerprint density at radius 2 is 1.92 bits per heavy atom. The monoisotopic (exact) mass is 412 g/mol. The molecule has 2 heterocycles. The zero-order valence-corrected chi connectivity index (χ0v) is 16.3. The lowest BCUT2D eigenvalue weighted by atomic mass is 10.1. The molecule has 0 N–H and O–H groups in total. The molecular weight excluding hydrogens is 399 g/mol. The van der Waals surface area contributed by atoms with Gasteiger partial charge in [0.05, 0.1) is 15.1 Å². The Kier molecular flexibility index (Phi) is 5.42. The highest BCUT2D eigenvalue weighted by atomic mass is 35.5. The first kappa shape index (κ1) is 19.0. The third-order valence-corrected chi connectivity index (χ3v) is 5.43. The highest BCUT2D eigenvalue weighted by Gasteiger charge is 2.35. The van der Waals surface area contributed by atoms with Gasteiger partial charge in [0.2, 0.25) is 0 Å². The van der Waals surface area contributed by atoms with E-state index in [-0.39, 0.29) is 32.7 Å². The third-order valence-electron chi connectivity index (χ3n) is 4.19. The molecule has 0 saturated carbocycles. The van der Waals surface area contributed by atoms with Crippen molar-refractivity contribution >= 4 is 52.4 Å². The molecular formula is C18H15Cl3N2O3. The van der Waals surface area contributed by atoms with Crippen LogP contribution in [0, 0.1) is 0 Å². The van der Waals surface area contributed by atoms with Crippen LogP contribution < -0.4 is 4.90 Å². The number of fused-ring (bicyclic) bond motifs is 1. The van der Waals surface area contributed by atoms with Crippen molar-refractivity contribution in [1.29, 1.82) is 0 Å². The molecule has 8 heteroatoms. The summed E-state index contributed by atoms with van der Waals surface area (Å²) in [4.78, 5) is 30.7. The Bertz CT molecular complexity index is 888. The number of para-hydroxylation sites is 1. The molecule has 26 heavy (non-hydrogen) atoms. The van der Waals surface area contributed by atoms with E-state index < -0.39 is 12.1 Å². The molecule has 0 saturated heterocycles. The molecule has 1 aromatic heterocycles. The number of amides is 1. The summed E-state index contributed by atoms with van der Waals surface area (Å²) in [5, 5.41) is 0.0277. The average molecular weight is 414 g/mol. The van der Waals surface area contributed by atoms with E-state index in [2.05, 4.69) is 4.98 Å². The number of aromatic nitrogens is 1. The SMILES string of the molecule is C[C@H](OC(=O)c1ncc(Cl)c(Cl)c1Cl)C(=O)N1c2ccccc2C[C@H]1C. The quantitative estimate of drug-likeness (QED) is 0.692. The normalized spacial score (nSPS) is 17.0. The summed E-state index contributed by atoms with van der Waals surface area (Å²) >= 11 is 17.7. The zero-order chi connectivity index (χ0) is 19.0. The van der Waals surface area contributed by atoms with Gasteiger partial charge in [0.15, 0.2) is 11.8 Å². The van der Waals surface area contributed by atoms with Crippen molar-refractivity contribution in [3.8, 4) is 0 Å². The van der Waals surface area contributed by atoms with Crippen LogP contribution in [-0.2, 0) is 16.0 Å². The Hall–Kier alpha value is -1.82. The van der Waals surface area contributed by atoms with Gasteiger partial charge in [0, 0.05) is 17.9 Å². The zero-order valence-electron chi connectivity index (χ0n) is 14.0. The number of rotatable bonds is 3. The van der Waals surface area contributed by atoms with Gasteiger partial charge in [-0.05, 0) is 31.9 Å². The van der Waals surface area contributed by atoms with Crippen LogP contribution >= 0.6 is 34.8 Å². The maximum Gasteiger partial charge on any atom is 0.359 e. The summed E-state index contributed by atoms with van der Waals surface area (Å²) in [6.07, 6.45) is 0.948. The van der Waals surface area contributed by atoms with E-state index >= 15 is 0 Å². The topological polar surface area (TPSA) is 59.5 Å². The Balaban J connectivity index is 1.78. The van der Waals surface area contributed by atoms with Crippen molar-refractivity contribution in [3.63, 3.8) is 0 Å². The van der Waals surface area contributed by atoms with Gasteiger partial charge in [-0.1, -0.05) is 53.0 Å². The highest BCUT2D eigenvalue weighted by Crippen LogP contribution is 2.33. The lowest BCUT2D eigenvalue weighted by Crippen LogP contribution is -2.43. The summed E-state index contributed by atoms with van der Waals surface area (Å²) in [5.74, 6) is -1.15. The van der Waals surface area contributed by atoms with Gasteiger partial charge in [-0.25, -0.2) is 9.78 Å². The minimum Gasteiger partial charge on any atom is -0.448 e. The number of halogens is 3. The lowest BCUT2D eigenvalue weighted by molar-refractivity contribution is -0.126. The Morgan fingerprint density at radius 1 is 1.23 bits per heavy atom. The summed E-state index contributed by atoms with van der Waals surface area (Å²) < 4.78 is 5.27. The second-order valence-corrected chi connectivity index (χ2v) is 7.18. The molecule has 1 amide bonds. The molecule has 136 valence electrons. The number of nitrogens with zero attached hydrogens (tertiary/aromatic N) is 2. The van der Waals surface area contributed by atoms with E-state index in [1.54, 1.807) is 4.90 Å². The van der Waals surface area contributed by atoms with Crippen molar-refractivity contribution in [1.82, 2.24) is 4.98 Å². The molecule has 0 spiro atoms. The first-order chi connectivity index (χ1) is 12.3. The van der Waals surface area contributed by atoms with Crippen molar-refractivity contribution in [2.45, 2.75) is 32.4 Å². The predicted octanol–water partition coefficient (Wildman–Crippen LogP) is 4.56. The first-order valence-corrected chi connectivity index (χ1v) is 9.06. The van der Waals surface area contributed by atoms with E-state index in [1.807, 2.05) is 31.2 Å². The van der Waals surface area contributed by atoms with Crippen LogP contribution in [0.5, 0.6) is 0 Å². The standard InChI is InChI=1S/C18H15Cl3N2O3/c1-9-7-11-5-3-4-6-13(11)23(9)17(24)10(2)26-18(25)16-15(21)14(20)12(19)8-22-16/h3-6,8-10H,7H2,1-2H3/t9-,10+/m1/s1. The fourth-order valence-electron chi connectivity index (χ4n) is 2.95. The van der Waals surface area contributed by atoms with Gasteiger partial charge >= 0.3 is 5.97 Å². The van der Waals surface area contributed by atoms with Gasteiger partial charge in [0.25, 0.3) is 5.91 Å². The molecule has 2 atom stereocenters. The number of hydrogen-bond donors (Lipinski definition) is 0. The number of anilines is 1. The Labute approximate surface area is 165 Å². The van der Waals surface area contributed by atoms with Crippen molar-refractivity contribution in [2.75, 3.05) is 4.90 Å². The molecule has 1 aliphatic heterocycles. The van der Waals surface area contributed by atoms with Gasteiger partial charge in [-0.15, -0.1) is 0 Å². The third kappa shape index (κ3) is 3.39. The minimum atomic E-state index is -1.01. The fraction of sp³-hybridized carbons (Fsp3) is 0.278. The van der Waals surface area contributed by atoms with Gasteiger partial charge in [0.1, 0.15) is 0 Å². The molecule has 1 aromatic carbocycles. The lowest BCUT2D eigenvalue weighted by Gasteiger charge is -2.25. The second-order valence-electron chi connectivity index (χ2n) is 6.02. The predicted molar refractivity (Wildman–Crippen MR) is 101 cm³/mol. The molecule has 0 bridgehead atoms. The number of carbonyl (C=O) groups is 2. The van der Waals surface area contributed by atoms with Crippen LogP contribution in [0.3, 0.4) is 0 Å². The maximum atomic E-state index is 12.8. The molecule has 0 unspecified atom stereocenters. The molecule has 5 nitrogen and oxygen atoms in total. The minimum absolute atomic E-state index is 0.0105. The summed E-state index contributed by atoms with van der Waals surface area (Å²) in [7, 11) is 0. The van der Waals surface area contributed by atoms with Crippen LogP contribution in [0.1, 0.15) is 29.9 Å².